The lowest BCUT2D eigenvalue weighted by molar-refractivity contribution is 0.322. The molecule has 1 aromatic rings. The lowest BCUT2D eigenvalue weighted by Crippen LogP contribution is -2.34. The average molecular weight is 249 g/mol. The quantitative estimate of drug-likeness (QED) is 0.487. The molecule has 100 valence electrons. The highest BCUT2D eigenvalue weighted by Crippen LogP contribution is 2.24. The summed E-state index contributed by atoms with van der Waals surface area (Å²) < 4.78 is 5.60. The van der Waals surface area contributed by atoms with Crippen molar-refractivity contribution in [2.24, 2.45) is 10.7 Å². The number of ether oxygens (including phenoxy) is 1. The van der Waals surface area contributed by atoms with Crippen LogP contribution >= 0.6 is 0 Å². The largest absolute Gasteiger partial charge is 0.492 e. The Kier molecular flexibility index (Phi) is 5.01. The summed E-state index contributed by atoms with van der Waals surface area (Å²) in [6.45, 7) is 7.79. The molecule has 0 amide bonds. The number of nitrogens with zero attached hydrogens (tertiary/aromatic N) is 1. The lowest BCUT2D eigenvalue weighted by atomic mass is 9.87. The minimum absolute atomic E-state index is 0.173. The van der Waals surface area contributed by atoms with Gasteiger partial charge in [-0.05, 0) is 23.1 Å². The molecule has 0 aliphatic heterocycles. The van der Waals surface area contributed by atoms with Crippen LogP contribution in [-0.4, -0.2) is 26.2 Å². The van der Waals surface area contributed by atoms with E-state index < -0.39 is 0 Å². The second-order valence-electron chi connectivity index (χ2n) is 5.16. The van der Waals surface area contributed by atoms with Gasteiger partial charge >= 0.3 is 0 Å². The van der Waals surface area contributed by atoms with Crippen LogP contribution < -0.4 is 15.8 Å². The molecule has 0 heterocycles. The number of nitrogens with two attached hydrogens (primary N) is 1. The topological polar surface area (TPSA) is 59.6 Å². The normalized spacial score (nSPS) is 12.3. The van der Waals surface area contributed by atoms with Gasteiger partial charge in [0.25, 0.3) is 0 Å². The summed E-state index contributed by atoms with van der Waals surface area (Å²) in [5.41, 5.74) is 6.98. The van der Waals surface area contributed by atoms with Crippen LogP contribution in [-0.2, 0) is 5.41 Å². The molecule has 4 nitrogen and oxygen atoms in total. The maximum atomic E-state index is 5.60. The Morgan fingerprint density at radius 3 is 2.39 bits per heavy atom. The number of rotatable bonds is 4. The SMILES string of the molecule is CN=C(N)NCCOc1ccc(C(C)(C)C)cc1. The van der Waals surface area contributed by atoms with Crippen LogP contribution in [0.25, 0.3) is 0 Å². The first-order chi connectivity index (χ1) is 8.43. The number of benzene rings is 1. The van der Waals surface area contributed by atoms with E-state index in [-0.39, 0.29) is 5.41 Å². The van der Waals surface area contributed by atoms with E-state index in [1.807, 2.05) is 12.1 Å². The fourth-order valence-electron chi connectivity index (χ4n) is 1.48. The van der Waals surface area contributed by atoms with Gasteiger partial charge in [-0.2, -0.15) is 0 Å². The Labute approximate surface area is 109 Å². The van der Waals surface area contributed by atoms with Crippen molar-refractivity contribution in [1.82, 2.24) is 5.32 Å². The van der Waals surface area contributed by atoms with E-state index in [1.54, 1.807) is 7.05 Å². The van der Waals surface area contributed by atoms with Crippen molar-refractivity contribution in [2.75, 3.05) is 20.2 Å². The molecule has 0 aromatic heterocycles. The maximum Gasteiger partial charge on any atom is 0.188 e. The number of hydrogen-bond acceptors (Lipinski definition) is 2. The molecule has 0 unspecified atom stereocenters. The summed E-state index contributed by atoms with van der Waals surface area (Å²) in [6.07, 6.45) is 0. The van der Waals surface area contributed by atoms with Crippen LogP contribution in [0.15, 0.2) is 29.3 Å². The van der Waals surface area contributed by atoms with E-state index >= 15 is 0 Å². The average Bonchev–Trinajstić information content (AvgIpc) is 2.33. The zero-order valence-corrected chi connectivity index (χ0v) is 11.7. The van der Waals surface area contributed by atoms with E-state index in [2.05, 4.69) is 43.2 Å². The molecule has 0 aliphatic carbocycles. The van der Waals surface area contributed by atoms with Gasteiger partial charge in [-0.25, -0.2) is 0 Å². The molecule has 3 N–H and O–H groups in total. The Hall–Kier alpha value is -1.71. The highest BCUT2D eigenvalue weighted by atomic mass is 16.5. The standard InChI is InChI=1S/C14H23N3O/c1-14(2,3)11-5-7-12(8-6-11)18-10-9-17-13(15)16-4/h5-8H,9-10H2,1-4H3,(H3,15,16,17). The zero-order valence-electron chi connectivity index (χ0n) is 11.7. The summed E-state index contributed by atoms with van der Waals surface area (Å²) in [4.78, 5) is 3.80. The Bertz CT molecular complexity index is 390. The Morgan fingerprint density at radius 1 is 1.28 bits per heavy atom. The third-order valence-electron chi connectivity index (χ3n) is 2.64. The van der Waals surface area contributed by atoms with Crippen molar-refractivity contribution >= 4 is 5.96 Å². The third-order valence-corrected chi connectivity index (χ3v) is 2.64. The Balaban J connectivity index is 2.40. The van der Waals surface area contributed by atoms with Gasteiger partial charge in [0.05, 0.1) is 6.54 Å². The van der Waals surface area contributed by atoms with Crippen LogP contribution in [0, 0.1) is 0 Å². The first-order valence-electron chi connectivity index (χ1n) is 6.13. The second-order valence-corrected chi connectivity index (χ2v) is 5.16. The van der Waals surface area contributed by atoms with Gasteiger partial charge in [-0.15, -0.1) is 0 Å². The first kappa shape index (κ1) is 14.4. The molecular formula is C14H23N3O. The van der Waals surface area contributed by atoms with Crippen molar-refractivity contribution < 1.29 is 4.74 Å². The van der Waals surface area contributed by atoms with Crippen molar-refractivity contribution in [3.63, 3.8) is 0 Å². The molecule has 1 aromatic carbocycles. The minimum atomic E-state index is 0.173. The van der Waals surface area contributed by atoms with Gasteiger partial charge in [0, 0.05) is 7.05 Å². The Morgan fingerprint density at radius 2 is 1.89 bits per heavy atom. The smallest absolute Gasteiger partial charge is 0.188 e. The minimum Gasteiger partial charge on any atom is -0.492 e. The fraction of sp³-hybridized carbons (Fsp3) is 0.500. The molecule has 1 rings (SSSR count). The first-order valence-corrected chi connectivity index (χ1v) is 6.13. The molecule has 0 aliphatic rings. The summed E-state index contributed by atoms with van der Waals surface area (Å²) in [6, 6.07) is 8.20. The molecule has 0 bridgehead atoms. The van der Waals surface area contributed by atoms with Gasteiger partial charge in [-0.3, -0.25) is 4.99 Å². The summed E-state index contributed by atoms with van der Waals surface area (Å²) in [5, 5.41) is 2.94. The van der Waals surface area contributed by atoms with E-state index in [9.17, 15) is 0 Å². The van der Waals surface area contributed by atoms with E-state index in [1.165, 1.54) is 5.56 Å². The molecule has 0 fully saturated rings. The van der Waals surface area contributed by atoms with E-state index in [0.29, 0.717) is 19.1 Å². The fourth-order valence-corrected chi connectivity index (χ4v) is 1.48. The maximum absolute atomic E-state index is 5.60. The number of hydrogen-bond donors (Lipinski definition) is 2. The highest BCUT2D eigenvalue weighted by molar-refractivity contribution is 5.77. The van der Waals surface area contributed by atoms with Gasteiger partial charge < -0.3 is 15.8 Å². The van der Waals surface area contributed by atoms with Crippen molar-refractivity contribution in [2.45, 2.75) is 26.2 Å². The summed E-state index contributed by atoms with van der Waals surface area (Å²) in [5.74, 6) is 1.30. The number of nitrogens with one attached hydrogen (secondary N) is 1. The van der Waals surface area contributed by atoms with Crippen LogP contribution in [0.3, 0.4) is 0 Å². The number of aliphatic imine (C=N–C) groups is 1. The van der Waals surface area contributed by atoms with Crippen LogP contribution in [0.5, 0.6) is 5.75 Å². The molecule has 0 radical (unpaired) electrons. The zero-order chi connectivity index (χ0) is 13.6. The van der Waals surface area contributed by atoms with Crippen LogP contribution in [0.4, 0.5) is 0 Å². The summed E-state index contributed by atoms with van der Waals surface area (Å²) in [7, 11) is 1.65. The van der Waals surface area contributed by atoms with Crippen molar-refractivity contribution in [3.05, 3.63) is 29.8 Å². The van der Waals surface area contributed by atoms with Crippen LogP contribution in [0.2, 0.25) is 0 Å². The highest BCUT2D eigenvalue weighted by Gasteiger charge is 2.12. The van der Waals surface area contributed by atoms with Gasteiger partial charge in [0.1, 0.15) is 12.4 Å². The van der Waals surface area contributed by atoms with E-state index in [0.717, 1.165) is 5.75 Å². The predicted molar refractivity (Wildman–Crippen MR) is 76.2 cm³/mol. The molecular weight excluding hydrogens is 226 g/mol. The lowest BCUT2D eigenvalue weighted by Gasteiger charge is -2.19. The molecule has 4 heteroatoms. The molecule has 0 saturated carbocycles. The molecule has 0 spiro atoms. The predicted octanol–water partition coefficient (Wildman–Crippen LogP) is 1.90. The van der Waals surface area contributed by atoms with Crippen LogP contribution in [0.1, 0.15) is 26.3 Å². The monoisotopic (exact) mass is 249 g/mol. The van der Waals surface area contributed by atoms with E-state index in [4.69, 9.17) is 10.5 Å². The van der Waals surface area contributed by atoms with Crippen molar-refractivity contribution in [3.8, 4) is 5.75 Å². The summed E-state index contributed by atoms with van der Waals surface area (Å²) >= 11 is 0. The van der Waals surface area contributed by atoms with Gasteiger partial charge in [0.15, 0.2) is 5.96 Å². The van der Waals surface area contributed by atoms with Gasteiger partial charge in [-0.1, -0.05) is 32.9 Å². The number of guanidine groups is 1. The van der Waals surface area contributed by atoms with Gasteiger partial charge in [0.2, 0.25) is 0 Å². The molecule has 0 atom stereocenters. The third kappa shape index (κ3) is 4.65. The van der Waals surface area contributed by atoms with Crippen molar-refractivity contribution in [1.29, 1.82) is 0 Å². The second kappa shape index (κ2) is 6.28. The molecule has 0 saturated heterocycles. The molecule has 18 heavy (non-hydrogen) atoms.